The molecule has 1 heterocycles. The van der Waals surface area contributed by atoms with Gasteiger partial charge in [0.2, 0.25) is 0 Å². The highest BCUT2D eigenvalue weighted by atomic mass is 16.4. The second kappa shape index (κ2) is 4.94. The minimum Gasteiger partial charge on any atom is -0.480 e. The number of hydrogen-bond acceptors (Lipinski definition) is 2. The number of carboxylic acids is 1. The molecule has 5 nitrogen and oxygen atoms in total. The van der Waals surface area contributed by atoms with E-state index in [0.717, 1.165) is 19.4 Å². The van der Waals surface area contributed by atoms with Gasteiger partial charge in [0.1, 0.15) is 6.04 Å². The Morgan fingerprint density at radius 2 is 2.00 bits per heavy atom. The van der Waals surface area contributed by atoms with Gasteiger partial charge in [-0.05, 0) is 38.5 Å². The summed E-state index contributed by atoms with van der Waals surface area (Å²) < 4.78 is 0. The number of aliphatic carboxylic acids is 1. The molecule has 3 atom stereocenters. The molecule has 1 aliphatic carbocycles. The summed E-state index contributed by atoms with van der Waals surface area (Å²) >= 11 is 0. The molecule has 1 aliphatic heterocycles. The Morgan fingerprint density at radius 1 is 1.29 bits per heavy atom. The molecule has 2 rings (SSSR count). The normalized spacial score (nSPS) is 29.6. The first-order valence-corrected chi connectivity index (χ1v) is 6.39. The van der Waals surface area contributed by atoms with E-state index in [1.54, 1.807) is 0 Å². The van der Waals surface area contributed by atoms with Crippen molar-refractivity contribution in [3.8, 4) is 0 Å². The minimum atomic E-state index is -0.988. The van der Waals surface area contributed by atoms with Crippen molar-refractivity contribution in [2.24, 2.45) is 5.92 Å². The molecular weight excluding hydrogens is 220 g/mol. The number of rotatable bonds is 2. The van der Waals surface area contributed by atoms with Crippen LogP contribution >= 0.6 is 0 Å². The number of carbonyl (C=O) groups excluding carboxylic acids is 1. The van der Waals surface area contributed by atoms with E-state index in [9.17, 15) is 9.59 Å². The number of fused-ring (bicyclic) bond motifs is 1. The Hall–Kier alpha value is -1.26. The lowest BCUT2D eigenvalue weighted by Crippen LogP contribution is -2.53. The molecule has 1 saturated heterocycles. The molecule has 2 N–H and O–H groups in total. The van der Waals surface area contributed by atoms with Crippen molar-refractivity contribution in [2.45, 2.75) is 51.1 Å². The first-order chi connectivity index (χ1) is 8.09. The summed E-state index contributed by atoms with van der Waals surface area (Å²) in [5.74, 6) is -0.354. The summed E-state index contributed by atoms with van der Waals surface area (Å²) in [4.78, 5) is 24.6. The molecule has 2 unspecified atom stereocenters. The Kier molecular flexibility index (Phi) is 3.54. The lowest BCUT2D eigenvalue weighted by Gasteiger charge is -2.38. The van der Waals surface area contributed by atoms with Crippen LogP contribution in [0.5, 0.6) is 0 Å². The van der Waals surface area contributed by atoms with E-state index in [1.807, 2.05) is 4.90 Å². The fourth-order valence-electron chi connectivity index (χ4n) is 3.04. The van der Waals surface area contributed by atoms with Gasteiger partial charge in [-0.3, -0.25) is 4.79 Å². The molecule has 2 amide bonds. The Labute approximate surface area is 101 Å². The van der Waals surface area contributed by atoms with Crippen LogP contribution in [-0.4, -0.2) is 40.6 Å². The molecule has 0 aromatic heterocycles. The molecule has 2 fully saturated rings. The number of likely N-dealkylation sites (tertiary alicyclic amines) is 1. The number of urea groups is 1. The molecule has 5 heteroatoms. The largest absolute Gasteiger partial charge is 0.480 e. The molecule has 0 aromatic carbocycles. The van der Waals surface area contributed by atoms with Gasteiger partial charge in [0, 0.05) is 12.6 Å². The number of nitrogens with zero attached hydrogens (tertiary/aromatic N) is 1. The molecule has 2 aliphatic rings. The fraction of sp³-hybridized carbons (Fsp3) is 0.833. The number of carbonyl (C=O) groups is 2. The maximum atomic E-state index is 12.0. The van der Waals surface area contributed by atoms with Crippen molar-refractivity contribution in [3.63, 3.8) is 0 Å². The Bertz CT molecular complexity index is 319. The predicted octanol–water partition coefficient (Wildman–Crippen LogP) is 1.43. The molecular formula is C12H20N2O3. The van der Waals surface area contributed by atoms with Crippen molar-refractivity contribution in [1.29, 1.82) is 0 Å². The molecule has 96 valence electrons. The summed E-state index contributed by atoms with van der Waals surface area (Å²) in [6, 6.07) is -0.689. The third-order valence-corrected chi connectivity index (χ3v) is 3.96. The SMILES string of the molecule is C[C@H](NC(=O)N1CCCC2CCCC21)C(=O)O. The maximum Gasteiger partial charge on any atom is 0.325 e. The highest BCUT2D eigenvalue weighted by Crippen LogP contribution is 2.36. The lowest BCUT2D eigenvalue weighted by atomic mass is 9.92. The van der Waals surface area contributed by atoms with E-state index in [1.165, 1.54) is 26.2 Å². The van der Waals surface area contributed by atoms with Gasteiger partial charge in [-0.2, -0.15) is 0 Å². The average molecular weight is 240 g/mol. The standard InChI is InChI=1S/C12H20N2O3/c1-8(11(15)16)13-12(17)14-7-3-5-9-4-2-6-10(9)14/h8-10H,2-7H2,1H3,(H,13,17)(H,15,16)/t8-,9?,10?/m0/s1. The van der Waals surface area contributed by atoms with Gasteiger partial charge >= 0.3 is 12.0 Å². The number of carboxylic acid groups (broad SMARTS) is 1. The van der Waals surface area contributed by atoms with Crippen LogP contribution in [0.25, 0.3) is 0 Å². The molecule has 1 saturated carbocycles. The average Bonchev–Trinajstić information content (AvgIpc) is 2.76. The summed E-state index contributed by atoms with van der Waals surface area (Å²) in [5.41, 5.74) is 0. The zero-order valence-electron chi connectivity index (χ0n) is 10.2. The van der Waals surface area contributed by atoms with Crippen molar-refractivity contribution in [2.75, 3.05) is 6.54 Å². The van der Waals surface area contributed by atoms with E-state index >= 15 is 0 Å². The van der Waals surface area contributed by atoms with Gasteiger partial charge < -0.3 is 15.3 Å². The zero-order valence-corrected chi connectivity index (χ0v) is 10.2. The predicted molar refractivity (Wildman–Crippen MR) is 62.7 cm³/mol. The van der Waals surface area contributed by atoms with E-state index in [-0.39, 0.29) is 6.03 Å². The van der Waals surface area contributed by atoms with Crippen LogP contribution in [0.2, 0.25) is 0 Å². The number of piperidine rings is 1. The van der Waals surface area contributed by atoms with Gasteiger partial charge in [0.25, 0.3) is 0 Å². The Morgan fingerprint density at radius 3 is 2.71 bits per heavy atom. The summed E-state index contributed by atoms with van der Waals surface area (Å²) in [6.45, 7) is 2.26. The second-order valence-electron chi connectivity index (χ2n) is 5.10. The van der Waals surface area contributed by atoms with E-state index in [4.69, 9.17) is 5.11 Å². The first-order valence-electron chi connectivity index (χ1n) is 6.39. The quantitative estimate of drug-likeness (QED) is 0.767. The monoisotopic (exact) mass is 240 g/mol. The summed E-state index contributed by atoms with van der Waals surface area (Å²) in [6.07, 6.45) is 5.72. The van der Waals surface area contributed by atoms with Crippen LogP contribution in [-0.2, 0) is 4.79 Å². The highest BCUT2D eigenvalue weighted by molar-refractivity contribution is 5.82. The second-order valence-corrected chi connectivity index (χ2v) is 5.10. The van der Waals surface area contributed by atoms with Crippen LogP contribution in [0.1, 0.15) is 39.0 Å². The van der Waals surface area contributed by atoms with Crippen LogP contribution in [0.3, 0.4) is 0 Å². The van der Waals surface area contributed by atoms with Crippen molar-refractivity contribution < 1.29 is 14.7 Å². The number of hydrogen-bond donors (Lipinski definition) is 2. The first kappa shape index (κ1) is 12.2. The molecule has 0 radical (unpaired) electrons. The molecule has 0 spiro atoms. The third kappa shape index (κ3) is 2.53. The van der Waals surface area contributed by atoms with E-state index < -0.39 is 12.0 Å². The van der Waals surface area contributed by atoms with Gasteiger partial charge in [-0.1, -0.05) is 6.42 Å². The fourth-order valence-corrected chi connectivity index (χ4v) is 3.04. The molecule has 17 heavy (non-hydrogen) atoms. The van der Waals surface area contributed by atoms with Gasteiger partial charge in [-0.15, -0.1) is 0 Å². The topological polar surface area (TPSA) is 69.6 Å². The van der Waals surface area contributed by atoms with Crippen LogP contribution in [0.4, 0.5) is 4.79 Å². The lowest BCUT2D eigenvalue weighted by molar-refractivity contribution is -0.138. The number of amides is 2. The van der Waals surface area contributed by atoms with Gasteiger partial charge in [-0.25, -0.2) is 4.79 Å². The zero-order chi connectivity index (χ0) is 12.4. The smallest absolute Gasteiger partial charge is 0.325 e. The van der Waals surface area contributed by atoms with Crippen molar-refractivity contribution in [1.82, 2.24) is 10.2 Å². The van der Waals surface area contributed by atoms with E-state index in [2.05, 4.69) is 5.32 Å². The highest BCUT2D eigenvalue weighted by Gasteiger charge is 2.37. The van der Waals surface area contributed by atoms with Gasteiger partial charge in [0.15, 0.2) is 0 Å². The summed E-state index contributed by atoms with van der Waals surface area (Å²) in [7, 11) is 0. The summed E-state index contributed by atoms with van der Waals surface area (Å²) in [5, 5.41) is 11.3. The molecule has 0 aromatic rings. The van der Waals surface area contributed by atoms with Crippen LogP contribution in [0, 0.1) is 5.92 Å². The molecule has 0 bridgehead atoms. The van der Waals surface area contributed by atoms with Gasteiger partial charge in [0.05, 0.1) is 0 Å². The third-order valence-electron chi connectivity index (χ3n) is 3.96. The van der Waals surface area contributed by atoms with E-state index in [0.29, 0.717) is 12.0 Å². The van der Waals surface area contributed by atoms with Crippen LogP contribution < -0.4 is 5.32 Å². The number of nitrogens with one attached hydrogen (secondary N) is 1. The van der Waals surface area contributed by atoms with Crippen molar-refractivity contribution in [3.05, 3.63) is 0 Å². The van der Waals surface area contributed by atoms with Crippen molar-refractivity contribution >= 4 is 12.0 Å². The maximum absolute atomic E-state index is 12.0. The van der Waals surface area contributed by atoms with Crippen LogP contribution in [0.15, 0.2) is 0 Å². The Balaban J connectivity index is 1.96. The minimum absolute atomic E-state index is 0.212.